The number of nitrogens with one attached hydrogen (secondary N) is 1. The summed E-state index contributed by atoms with van der Waals surface area (Å²) in [6.07, 6.45) is 3.67. The van der Waals surface area contributed by atoms with E-state index in [0.29, 0.717) is 17.8 Å². The molecule has 0 saturated heterocycles. The van der Waals surface area contributed by atoms with Crippen LogP contribution in [-0.2, 0) is 13.5 Å². The Labute approximate surface area is 155 Å². The number of aromatic nitrogens is 2. The number of nitrogens with zero attached hydrogens (tertiary/aromatic N) is 2. The molecule has 0 saturated carbocycles. The van der Waals surface area contributed by atoms with Gasteiger partial charge in [0.2, 0.25) is 5.56 Å². The van der Waals surface area contributed by atoms with Gasteiger partial charge in [0.1, 0.15) is 5.82 Å². The van der Waals surface area contributed by atoms with Gasteiger partial charge in [-0.15, -0.1) is 0 Å². The van der Waals surface area contributed by atoms with Crippen LogP contribution >= 0.6 is 0 Å². The average molecular weight is 367 g/mol. The monoisotopic (exact) mass is 367 g/mol. The molecule has 0 radical (unpaired) electrons. The molecule has 1 amide bonds. The second kappa shape index (κ2) is 7.82. The van der Waals surface area contributed by atoms with Crippen LogP contribution in [0.25, 0.3) is 0 Å². The highest BCUT2D eigenvalue weighted by Gasteiger charge is 2.09. The van der Waals surface area contributed by atoms with E-state index in [1.54, 1.807) is 31.4 Å². The number of methoxy groups -OCH3 is 1. The van der Waals surface area contributed by atoms with Gasteiger partial charge < -0.3 is 14.6 Å². The molecule has 27 heavy (non-hydrogen) atoms. The molecule has 3 rings (SSSR count). The second-order valence-corrected chi connectivity index (χ2v) is 6.02. The molecule has 0 aliphatic heterocycles. The summed E-state index contributed by atoms with van der Waals surface area (Å²) < 4.78 is 19.8. The summed E-state index contributed by atoms with van der Waals surface area (Å²) in [6.45, 7) is 0. The number of amides is 1. The van der Waals surface area contributed by atoms with Gasteiger partial charge in [-0.2, -0.15) is 0 Å². The zero-order valence-corrected chi connectivity index (χ0v) is 14.9. The summed E-state index contributed by atoms with van der Waals surface area (Å²) in [6, 6.07) is 11.0. The number of rotatable bonds is 5. The van der Waals surface area contributed by atoms with Gasteiger partial charge in [0.15, 0.2) is 11.6 Å². The summed E-state index contributed by atoms with van der Waals surface area (Å²) >= 11 is 0. The number of anilines is 1. The van der Waals surface area contributed by atoms with E-state index in [1.165, 1.54) is 36.1 Å². The molecule has 0 atom stereocenters. The van der Waals surface area contributed by atoms with E-state index in [0.717, 1.165) is 11.1 Å². The van der Waals surface area contributed by atoms with Crippen molar-refractivity contribution in [1.82, 2.24) is 9.55 Å². The number of hydrogen-bond acceptors (Lipinski definition) is 4. The molecule has 0 fully saturated rings. The quantitative estimate of drug-likeness (QED) is 0.753. The predicted octanol–water partition coefficient (Wildman–Crippen LogP) is 2.77. The van der Waals surface area contributed by atoms with Crippen LogP contribution in [-0.4, -0.2) is 22.6 Å². The maximum absolute atomic E-state index is 13.5. The Bertz CT molecular complexity index is 1030. The van der Waals surface area contributed by atoms with Crippen LogP contribution in [0.4, 0.5) is 10.2 Å². The van der Waals surface area contributed by atoms with Crippen LogP contribution in [0.2, 0.25) is 0 Å². The molecular weight excluding hydrogens is 349 g/mol. The van der Waals surface area contributed by atoms with E-state index in [2.05, 4.69) is 10.3 Å². The molecule has 2 heterocycles. The summed E-state index contributed by atoms with van der Waals surface area (Å²) in [5, 5.41) is 2.69. The minimum absolute atomic E-state index is 0.188. The van der Waals surface area contributed by atoms with E-state index < -0.39 is 5.82 Å². The van der Waals surface area contributed by atoms with Gasteiger partial charge in [0, 0.05) is 25.5 Å². The summed E-state index contributed by atoms with van der Waals surface area (Å²) in [7, 11) is 3.00. The summed E-state index contributed by atoms with van der Waals surface area (Å²) in [5.74, 6) is -0.166. The lowest BCUT2D eigenvalue weighted by atomic mass is 10.1. The molecule has 0 aliphatic carbocycles. The number of carbonyl (C=O) groups is 1. The molecule has 0 bridgehead atoms. The fourth-order valence-electron chi connectivity index (χ4n) is 2.57. The summed E-state index contributed by atoms with van der Waals surface area (Å²) in [4.78, 5) is 27.9. The normalized spacial score (nSPS) is 10.5. The number of benzene rings is 1. The van der Waals surface area contributed by atoms with Crippen LogP contribution in [0.5, 0.6) is 5.75 Å². The molecule has 0 spiro atoms. The first-order valence-electron chi connectivity index (χ1n) is 8.21. The Morgan fingerprint density at radius 2 is 1.96 bits per heavy atom. The Balaban J connectivity index is 1.69. The van der Waals surface area contributed by atoms with Gasteiger partial charge in [-0.1, -0.05) is 12.1 Å². The molecule has 0 unspecified atom stereocenters. The maximum atomic E-state index is 13.5. The van der Waals surface area contributed by atoms with Crippen molar-refractivity contribution < 1.29 is 13.9 Å². The number of carbonyl (C=O) groups excluding carboxylic acids is 1. The van der Waals surface area contributed by atoms with Gasteiger partial charge >= 0.3 is 0 Å². The third-order valence-electron chi connectivity index (χ3n) is 4.04. The first-order chi connectivity index (χ1) is 13.0. The highest BCUT2D eigenvalue weighted by Crippen LogP contribution is 2.20. The van der Waals surface area contributed by atoms with E-state index in [4.69, 9.17) is 4.74 Å². The van der Waals surface area contributed by atoms with Crippen LogP contribution in [0.1, 0.15) is 21.5 Å². The molecule has 3 aromatic rings. The fourth-order valence-corrected chi connectivity index (χ4v) is 2.57. The highest BCUT2D eigenvalue weighted by molar-refractivity contribution is 6.03. The Morgan fingerprint density at radius 1 is 1.19 bits per heavy atom. The lowest BCUT2D eigenvalue weighted by molar-refractivity contribution is 0.102. The SMILES string of the molecule is COc1cc(Cc2ccc(NC(=O)c3ccc(=O)n(C)c3)nc2)ccc1F. The van der Waals surface area contributed by atoms with Crippen molar-refractivity contribution in [3.8, 4) is 5.75 Å². The van der Waals surface area contributed by atoms with Crippen LogP contribution in [0.3, 0.4) is 0 Å². The maximum Gasteiger partial charge on any atom is 0.258 e. The van der Waals surface area contributed by atoms with Gasteiger partial charge in [0.05, 0.1) is 12.7 Å². The third-order valence-corrected chi connectivity index (χ3v) is 4.04. The van der Waals surface area contributed by atoms with Crippen LogP contribution < -0.4 is 15.6 Å². The lowest BCUT2D eigenvalue weighted by Gasteiger charge is -2.08. The number of pyridine rings is 2. The lowest BCUT2D eigenvalue weighted by Crippen LogP contribution is -2.19. The van der Waals surface area contributed by atoms with Gasteiger partial charge in [-0.05, 0) is 41.8 Å². The Morgan fingerprint density at radius 3 is 2.63 bits per heavy atom. The van der Waals surface area contributed by atoms with Gasteiger partial charge in [0.25, 0.3) is 5.91 Å². The van der Waals surface area contributed by atoms with Crippen molar-refractivity contribution in [3.05, 3.63) is 87.7 Å². The minimum Gasteiger partial charge on any atom is -0.494 e. The standard InChI is InChI=1S/C20H18FN3O3/c1-24-12-15(5-8-19(24)25)20(26)23-18-7-4-14(11-22-18)9-13-3-6-16(21)17(10-13)27-2/h3-8,10-12H,9H2,1-2H3,(H,22,23,26). The zero-order chi connectivity index (χ0) is 19.4. The number of halogens is 1. The molecule has 2 aromatic heterocycles. The summed E-state index contributed by atoms with van der Waals surface area (Å²) in [5.41, 5.74) is 1.97. The number of hydrogen-bond donors (Lipinski definition) is 1. The van der Waals surface area contributed by atoms with Crippen molar-refractivity contribution in [2.24, 2.45) is 7.05 Å². The Kier molecular flexibility index (Phi) is 5.30. The average Bonchev–Trinajstić information content (AvgIpc) is 2.67. The van der Waals surface area contributed by atoms with Crippen molar-refractivity contribution in [2.45, 2.75) is 6.42 Å². The number of ether oxygens (including phenoxy) is 1. The highest BCUT2D eigenvalue weighted by atomic mass is 19.1. The van der Waals surface area contributed by atoms with Crippen molar-refractivity contribution >= 4 is 11.7 Å². The molecular formula is C20H18FN3O3. The first kappa shape index (κ1) is 18.3. The smallest absolute Gasteiger partial charge is 0.258 e. The largest absolute Gasteiger partial charge is 0.494 e. The molecule has 0 aliphatic rings. The topological polar surface area (TPSA) is 73.2 Å². The molecule has 6 nitrogen and oxygen atoms in total. The first-order valence-corrected chi connectivity index (χ1v) is 8.21. The van der Waals surface area contributed by atoms with E-state index in [-0.39, 0.29) is 17.2 Å². The predicted molar refractivity (Wildman–Crippen MR) is 99.6 cm³/mol. The van der Waals surface area contributed by atoms with Crippen LogP contribution in [0, 0.1) is 5.82 Å². The number of aryl methyl sites for hydroxylation is 1. The van der Waals surface area contributed by atoms with Gasteiger partial charge in [-0.3, -0.25) is 9.59 Å². The molecule has 7 heteroatoms. The van der Waals surface area contributed by atoms with Crippen molar-refractivity contribution in [3.63, 3.8) is 0 Å². The van der Waals surface area contributed by atoms with Gasteiger partial charge in [-0.25, -0.2) is 9.37 Å². The van der Waals surface area contributed by atoms with E-state index in [1.807, 2.05) is 6.07 Å². The Hall–Kier alpha value is -3.48. The van der Waals surface area contributed by atoms with E-state index in [9.17, 15) is 14.0 Å². The van der Waals surface area contributed by atoms with Crippen LogP contribution in [0.15, 0.2) is 59.7 Å². The zero-order valence-electron chi connectivity index (χ0n) is 14.9. The molecule has 138 valence electrons. The van der Waals surface area contributed by atoms with Crippen molar-refractivity contribution in [2.75, 3.05) is 12.4 Å². The molecule has 1 N–H and O–H groups in total. The van der Waals surface area contributed by atoms with Crippen molar-refractivity contribution in [1.29, 1.82) is 0 Å². The molecule has 1 aromatic carbocycles. The minimum atomic E-state index is -0.407. The second-order valence-electron chi connectivity index (χ2n) is 6.02. The third kappa shape index (κ3) is 4.38. The van der Waals surface area contributed by atoms with E-state index >= 15 is 0 Å². The fraction of sp³-hybridized carbons (Fsp3) is 0.150.